The van der Waals surface area contributed by atoms with Crippen molar-refractivity contribution in [3.05, 3.63) is 0 Å². The van der Waals surface area contributed by atoms with E-state index in [1.165, 1.54) is 52.1 Å². The van der Waals surface area contributed by atoms with Crippen molar-refractivity contribution < 1.29 is 19.1 Å². The number of ketones is 2. The molecule has 2 atom stereocenters. The monoisotopic (exact) mass is 352 g/mol. The number of hydrogen-bond donors (Lipinski definition) is 0. The maximum Gasteiger partial charge on any atom is 0.374 e. The molecule has 1 fully saturated rings. The molecule has 0 spiro atoms. The van der Waals surface area contributed by atoms with Gasteiger partial charge in [-0.15, -0.1) is 0 Å². The molecule has 1 rings (SSSR count). The third kappa shape index (κ3) is 8.64. The highest BCUT2D eigenvalue weighted by molar-refractivity contribution is 6.33. The zero-order valence-electron chi connectivity index (χ0n) is 16.2. The van der Waals surface area contributed by atoms with E-state index in [2.05, 4.69) is 11.7 Å². The normalized spacial score (nSPS) is 20.0. The summed E-state index contributed by atoms with van der Waals surface area (Å²) in [6.45, 7) is 2.24. The minimum atomic E-state index is -0.745. The largest absolute Gasteiger partial charge is 0.463 e. The number of carbonyl (C=O) groups is 3. The lowest BCUT2D eigenvalue weighted by Crippen LogP contribution is -2.16. The summed E-state index contributed by atoms with van der Waals surface area (Å²) in [5.74, 6) is 0.0781. The molecule has 0 N–H and O–H groups in total. The van der Waals surface area contributed by atoms with Crippen molar-refractivity contribution in [1.29, 1.82) is 0 Å². The second-order valence-electron chi connectivity index (χ2n) is 7.44. The van der Waals surface area contributed by atoms with Crippen LogP contribution in [-0.2, 0) is 19.1 Å². The quantitative estimate of drug-likeness (QED) is 0.250. The lowest BCUT2D eigenvalue weighted by Gasteiger charge is -2.18. The Balaban J connectivity index is 2.16. The average molecular weight is 353 g/mol. The third-order valence-corrected chi connectivity index (χ3v) is 5.50. The minimum absolute atomic E-state index is 0.243. The van der Waals surface area contributed by atoms with Crippen LogP contribution in [0.5, 0.6) is 0 Å². The van der Waals surface area contributed by atoms with Gasteiger partial charge in [-0.1, -0.05) is 58.3 Å². The number of Topliss-reactive ketones (excluding diaryl/α,β-unsaturated/α-hetero) is 2. The van der Waals surface area contributed by atoms with Crippen LogP contribution in [0.4, 0.5) is 0 Å². The fourth-order valence-corrected chi connectivity index (χ4v) is 3.95. The molecule has 0 unspecified atom stereocenters. The van der Waals surface area contributed by atoms with Gasteiger partial charge in [-0.25, -0.2) is 4.79 Å². The van der Waals surface area contributed by atoms with E-state index >= 15 is 0 Å². The number of hydrogen-bond acceptors (Lipinski definition) is 4. The van der Waals surface area contributed by atoms with Gasteiger partial charge in [0.1, 0.15) is 5.78 Å². The highest BCUT2D eigenvalue weighted by Gasteiger charge is 2.33. The SMILES string of the molecule is CCCCCCCC[C@H]1CCC(=O)[C@@H]1CCCCCC(=O)C(=O)OC. The molecule has 0 bridgehead atoms. The van der Waals surface area contributed by atoms with Crippen molar-refractivity contribution in [1.82, 2.24) is 0 Å². The molecular formula is C21H36O4. The van der Waals surface area contributed by atoms with E-state index in [1.807, 2.05) is 0 Å². The Kier molecular flexibility index (Phi) is 11.4. The van der Waals surface area contributed by atoms with Gasteiger partial charge in [0, 0.05) is 18.8 Å². The van der Waals surface area contributed by atoms with E-state index in [4.69, 9.17) is 0 Å². The van der Waals surface area contributed by atoms with Gasteiger partial charge < -0.3 is 4.74 Å². The van der Waals surface area contributed by atoms with Crippen molar-refractivity contribution in [3.8, 4) is 0 Å². The summed E-state index contributed by atoms with van der Waals surface area (Å²) in [6, 6.07) is 0. The summed E-state index contributed by atoms with van der Waals surface area (Å²) in [4.78, 5) is 34.6. The summed E-state index contributed by atoms with van der Waals surface area (Å²) in [5, 5.41) is 0. The summed E-state index contributed by atoms with van der Waals surface area (Å²) in [6.07, 6.45) is 14.6. The molecule has 1 saturated carbocycles. The van der Waals surface area contributed by atoms with Crippen LogP contribution >= 0.6 is 0 Å². The van der Waals surface area contributed by atoms with Crippen molar-refractivity contribution in [2.45, 2.75) is 96.8 Å². The first-order valence-electron chi connectivity index (χ1n) is 10.2. The van der Waals surface area contributed by atoms with Gasteiger partial charge >= 0.3 is 5.97 Å². The highest BCUT2D eigenvalue weighted by Crippen LogP contribution is 2.36. The van der Waals surface area contributed by atoms with Crippen LogP contribution in [0.25, 0.3) is 0 Å². The van der Waals surface area contributed by atoms with Gasteiger partial charge in [0.05, 0.1) is 7.11 Å². The maximum atomic E-state index is 12.1. The summed E-state index contributed by atoms with van der Waals surface area (Å²) < 4.78 is 4.41. The first kappa shape index (κ1) is 21.9. The molecule has 4 nitrogen and oxygen atoms in total. The van der Waals surface area contributed by atoms with Crippen molar-refractivity contribution in [3.63, 3.8) is 0 Å². The molecule has 4 heteroatoms. The second-order valence-corrected chi connectivity index (χ2v) is 7.44. The Morgan fingerprint density at radius 2 is 1.60 bits per heavy atom. The molecule has 0 aromatic rings. The first-order chi connectivity index (χ1) is 12.1. The number of methoxy groups -OCH3 is 1. The topological polar surface area (TPSA) is 60.4 Å². The first-order valence-corrected chi connectivity index (χ1v) is 10.2. The molecule has 0 heterocycles. The van der Waals surface area contributed by atoms with Crippen LogP contribution in [0.1, 0.15) is 96.8 Å². The lowest BCUT2D eigenvalue weighted by atomic mass is 9.86. The van der Waals surface area contributed by atoms with Gasteiger partial charge in [-0.3, -0.25) is 9.59 Å². The molecule has 0 amide bonds. The number of rotatable bonds is 14. The summed E-state index contributed by atoms with van der Waals surface area (Å²) in [7, 11) is 1.23. The molecule has 144 valence electrons. The van der Waals surface area contributed by atoms with Gasteiger partial charge in [0.25, 0.3) is 0 Å². The van der Waals surface area contributed by atoms with Crippen LogP contribution in [0.3, 0.4) is 0 Å². The molecule has 0 aliphatic heterocycles. The zero-order valence-corrected chi connectivity index (χ0v) is 16.2. The molecule has 1 aliphatic rings. The van der Waals surface area contributed by atoms with E-state index in [0.29, 0.717) is 18.1 Å². The summed E-state index contributed by atoms with van der Waals surface area (Å²) >= 11 is 0. The molecule has 0 aromatic heterocycles. The number of carbonyl (C=O) groups excluding carboxylic acids is 3. The number of esters is 1. The molecule has 1 aliphatic carbocycles. The third-order valence-electron chi connectivity index (χ3n) is 5.50. The van der Waals surface area contributed by atoms with Crippen molar-refractivity contribution in [2.24, 2.45) is 11.8 Å². The Bertz CT molecular complexity index is 416. The lowest BCUT2D eigenvalue weighted by molar-refractivity contribution is -0.151. The Hall–Kier alpha value is -1.19. The van der Waals surface area contributed by atoms with E-state index < -0.39 is 11.8 Å². The number of ether oxygens (including phenoxy) is 1. The Morgan fingerprint density at radius 3 is 2.32 bits per heavy atom. The predicted molar refractivity (Wildman–Crippen MR) is 99.3 cm³/mol. The predicted octanol–water partition coefficient (Wildman–Crippen LogP) is 5.02. The zero-order chi connectivity index (χ0) is 18.5. The van der Waals surface area contributed by atoms with Gasteiger partial charge in [-0.2, -0.15) is 0 Å². The van der Waals surface area contributed by atoms with E-state index in [0.717, 1.165) is 32.1 Å². The van der Waals surface area contributed by atoms with E-state index in [1.54, 1.807) is 0 Å². The van der Waals surface area contributed by atoms with Gasteiger partial charge in [-0.05, 0) is 31.6 Å². The minimum Gasteiger partial charge on any atom is -0.463 e. The molecular weight excluding hydrogens is 316 g/mol. The molecule has 0 radical (unpaired) electrons. The highest BCUT2D eigenvalue weighted by atomic mass is 16.5. The van der Waals surface area contributed by atoms with Crippen LogP contribution in [0.15, 0.2) is 0 Å². The Labute approximate surface area is 153 Å². The summed E-state index contributed by atoms with van der Waals surface area (Å²) in [5.41, 5.74) is 0. The average Bonchev–Trinajstić information content (AvgIpc) is 2.96. The number of unbranched alkanes of at least 4 members (excludes halogenated alkanes) is 7. The molecule has 0 saturated heterocycles. The van der Waals surface area contributed by atoms with Gasteiger partial charge in [0.15, 0.2) is 0 Å². The molecule has 25 heavy (non-hydrogen) atoms. The fourth-order valence-electron chi connectivity index (χ4n) is 3.95. The van der Waals surface area contributed by atoms with Crippen LogP contribution in [0.2, 0.25) is 0 Å². The van der Waals surface area contributed by atoms with E-state index in [9.17, 15) is 14.4 Å². The smallest absolute Gasteiger partial charge is 0.374 e. The fraction of sp³-hybridized carbons (Fsp3) is 0.857. The van der Waals surface area contributed by atoms with Gasteiger partial charge in [0.2, 0.25) is 5.78 Å². The van der Waals surface area contributed by atoms with Crippen LogP contribution in [0, 0.1) is 11.8 Å². The standard InChI is InChI=1S/C21H36O4/c1-3-4-5-6-7-9-12-17-15-16-19(22)18(17)13-10-8-11-14-20(23)21(24)25-2/h17-18H,3-16H2,1-2H3/t17-,18+/m0/s1. The van der Waals surface area contributed by atoms with Crippen LogP contribution in [-0.4, -0.2) is 24.6 Å². The Morgan fingerprint density at radius 1 is 0.960 bits per heavy atom. The molecule has 0 aromatic carbocycles. The second kappa shape index (κ2) is 13.1. The maximum absolute atomic E-state index is 12.1. The van der Waals surface area contributed by atoms with Crippen molar-refractivity contribution >= 4 is 17.5 Å². The van der Waals surface area contributed by atoms with E-state index in [-0.39, 0.29) is 12.3 Å². The van der Waals surface area contributed by atoms with Crippen LogP contribution < -0.4 is 0 Å². The van der Waals surface area contributed by atoms with Crippen molar-refractivity contribution in [2.75, 3.05) is 7.11 Å².